The molecule has 0 spiro atoms. The van der Waals surface area contributed by atoms with Gasteiger partial charge in [0.2, 0.25) is 0 Å². The number of aromatic nitrogens is 1. The van der Waals surface area contributed by atoms with Crippen LogP contribution < -0.4 is 10.3 Å². The fraction of sp³-hybridized carbons (Fsp3) is 0.400. The molecule has 0 fully saturated rings. The standard InChI is InChI=1S/C15H17NO4/c1-15(8-17)12(18)7-10-13(20-15)9-5-3-4-6-11(9)16(2)14(10)19/h3-6,12,17-18H,7-8H2,1-2H3/t12-,15-/m1/s1. The van der Waals surface area contributed by atoms with Crippen LogP contribution in [0.4, 0.5) is 0 Å². The van der Waals surface area contributed by atoms with Gasteiger partial charge in [0.15, 0.2) is 5.60 Å². The molecular formula is C15H17NO4. The number of fused-ring (bicyclic) bond motifs is 3. The number of pyridine rings is 1. The van der Waals surface area contributed by atoms with Crippen molar-refractivity contribution >= 4 is 10.9 Å². The van der Waals surface area contributed by atoms with Crippen LogP contribution in [0.3, 0.4) is 0 Å². The van der Waals surface area contributed by atoms with Crippen LogP contribution in [0.15, 0.2) is 29.1 Å². The maximum absolute atomic E-state index is 12.4. The third kappa shape index (κ3) is 1.67. The molecule has 1 aromatic carbocycles. The molecule has 0 unspecified atom stereocenters. The number of aryl methyl sites for hydroxylation is 1. The zero-order chi connectivity index (χ0) is 14.5. The second-order valence-corrected chi connectivity index (χ2v) is 5.48. The predicted molar refractivity (Wildman–Crippen MR) is 75.0 cm³/mol. The summed E-state index contributed by atoms with van der Waals surface area (Å²) in [5, 5.41) is 20.4. The van der Waals surface area contributed by atoms with E-state index in [1.165, 1.54) is 0 Å². The largest absolute Gasteiger partial charge is 0.481 e. The molecule has 2 atom stereocenters. The summed E-state index contributed by atoms with van der Waals surface area (Å²) >= 11 is 0. The molecule has 0 aliphatic carbocycles. The molecule has 0 radical (unpaired) electrons. The molecule has 2 aromatic rings. The van der Waals surface area contributed by atoms with Crippen LogP contribution in [0.25, 0.3) is 10.9 Å². The average Bonchev–Trinajstić information content (AvgIpc) is 2.47. The Morgan fingerprint density at radius 3 is 2.85 bits per heavy atom. The molecule has 0 amide bonds. The van der Waals surface area contributed by atoms with E-state index < -0.39 is 11.7 Å². The van der Waals surface area contributed by atoms with Crippen LogP contribution in [0.2, 0.25) is 0 Å². The molecule has 5 nitrogen and oxygen atoms in total. The minimum absolute atomic E-state index is 0.169. The zero-order valence-corrected chi connectivity index (χ0v) is 11.5. The van der Waals surface area contributed by atoms with Crippen molar-refractivity contribution in [1.29, 1.82) is 0 Å². The van der Waals surface area contributed by atoms with E-state index >= 15 is 0 Å². The average molecular weight is 275 g/mol. The van der Waals surface area contributed by atoms with Crippen LogP contribution in [-0.4, -0.2) is 33.1 Å². The molecule has 1 aliphatic heterocycles. The smallest absolute Gasteiger partial charge is 0.257 e. The fourth-order valence-corrected chi connectivity index (χ4v) is 2.67. The van der Waals surface area contributed by atoms with Gasteiger partial charge in [0.25, 0.3) is 5.56 Å². The SMILES string of the molecule is Cn1c(=O)c2c(c3ccccc31)O[C@](C)(CO)[C@H](O)C2. The molecule has 0 bridgehead atoms. The number of rotatable bonds is 1. The summed E-state index contributed by atoms with van der Waals surface area (Å²) in [6, 6.07) is 7.46. The van der Waals surface area contributed by atoms with Gasteiger partial charge >= 0.3 is 0 Å². The van der Waals surface area contributed by atoms with E-state index in [9.17, 15) is 15.0 Å². The monoisotopic (exact) mass is 275 g/mol. The topological polar surface area (TPSA) is 71.7 Å². The minimum atomic E-state index is -1.08. The first kappa shape index (κ1) is 13.1. The highest BCUT2D eigenvalue weighted by atomic mass is 16.5. The van der Waals surface area contributed by atoms with E-state index in [4.69, 9.17) is 4.74 Å². The van der Waals surface area contributed by atoms with Gasteiger partial charge in [-0.05, 0) is 19.1 Å². The second-order valence-electron chi connectivity index (χ2n) is 5.48. The van der Waals surface area contributed by atoms with Crippen LogP contribution in [0.1, 0.15) is 12.5 Å². The van der Waals surface area contributed by atoms with Crippen LogP contribution in [0, 0.1) is 0 Å². The summed E-state index contributed by atoms with van der Waals surface area (Å²) in [6.45, 7) is 1.34. The lowest BCUT2D eigenvalue weighted by molar-refractivity contribution is -0.0833. The number of aliphatic hydroxyl groups is 2. The first-order valence-corrected chi connectivity index (χ1v) is 6.56. The zero-order valence-electron chi connectivity index (χ0n) is 11.5. The Bertz CT molecular complexity index is 736. The lowest BCUT2D eigenvalue weighted by atomic mass is 9.89. The molecule has 2 N–H and O–H groups in total. The number of hydrogen-bond donors (Lipinski definition) is 2. The van der Waals surface area contributed by atoms with Crippen molar-refractivity contribution in [3.8, 4) is 5.75 Å². The van der Waals surface area contributed by atoms with Crippen LogP contribution in [-0.2, 0) is 13.5 Å². The number of para-hydroxylation sites is 1. The fourth-order valence-electron chi connectivity index (χ4n) is 2.67. The van der Waals surface area contributed by atoms with Gasteiger partial charge in [-0.2, -0.15) is 0 Å². The van der Waals surface area contributed by atoms with Crippen molar-refractivity contribution in [2.24, 2.45) is 7.05 Å². The number of aliphatic hydroxyl groups excluding tert-OH is 2. The minimum Gasteiger partial charge on any atom is -0.481 e. The molecule has 3 rings (SSSR count). The van der Waals surface area contributed by atoms with Crippen molar-refractivity contribution < 1.29 is 14.9 Å². The number of hydrogen-bond acceptors (Lipinski definition) is 4. The van der Waals surface area contributed by atoms with Crippen molar-refractivity contribution in [2.45, 2.75) is 25.0 Å². The van der Waals surface area contributed by atoms with E-state index in [1.807, 2.05) is 24.3 Å². The lowest BCUT2D eigenvalue weighted by Crippen LogP contribution is -2.53. The predicted octanol–water partition coefficient (Wildman–Crippen LogP) is 0.585. The molecule has 20 heavy (non-hydrogen) atoms. The van der Waals surface area contributed by atoms with Gasteiger partial charge in [-0.25, -0.2) is 0 Å². The van der Waals surface area contributed by atoms with Crippen molar-refractivity contribution in [3.05, 3.63) is 40.2 Å². The van der Waals surface area contributed by atoms with Gasteiger partial charge in [-0.1, -0.05) is 12.1 Å². The quantitative estimate of drug-likeness (QED) is 0.799. The summed E-state index contributed by atoms with van der Waals surface area (Å²) in [7, 11) is 1.71. The molecule has 2 heterocycles. The molecule has 0 saturated carbocycles. The Morgan fingerprint density at radius 2 is 2.15 bits per heavy atom. The first-order chi connectivity index (χ1) is 9.48. The van der Waals surface area contributed by atoms with Crippen LogP contribution in [0.5, 0.6) is 5.75 Å². The van der Waals surface area contributed by atoms with Gasteiger partial charge in [0.05, 0.1) is 17.7 Å². The Balaban J connectivity index is 2.35. The number of nitrogens with zero attached hydrogens (tertiary/aromatic N) is 1. The normalized spacial score (nSPS) is 25.3. The van der Waals surface area contributed by atoms with Crippen molar-refractivity contribution in [1.82, 2.24) is 4.57 Å². The van der Waals surface area contributed by atoms with Gasteiger partial charge < -0.3 is 19.5 Å². The summed E-state index contributed by atoms with van der Waals surface area (Å²) in [5.41, 5.74) is -0.0161. The third-order valence-corrected chi connectivity index (χ3v) is 4.10. The van der Waals surface area contributed by atoms with E-state index in [0.717, 1.165) is 10.9 Å². The van der Waals surface area contributed by atoms with Crippen molar-refractivity contribution in [3.63, 3.8) is 0 Å². The summed E-state index contributed by atoms with van der Waals surface area (Å²) in [5.74, 6) is 0.477. The first-order valence-electron chi connectivity index (χ1n) is 6.56. The highest BCUT2D eigenvalue weighted by Gasteiger charge is 2.41. The van der Waals surface area contributed by atoms with Gasteiger partial charge in [0.1, 0.15) is 11.9 Å². The van der Waals surface area contributed by atoms with Gasteiger partial charge in [0, 0.05) is 18.9 Å². The molecule has 0 saturated heterocycles. The number of ether oxygens (including phenoxy) is 1. The highest BCUT2D eigenvalue weighted by molar-refractivity contribution is 5.87. The molecule has 106 valence electrons. The molecule has 1 aromatic heterocycles. The van der Waals surface area contributed by atoms with E-state index in [-0.39, 0.29) is 18.6 Å². The Kier molecular flexibility index (Phi) is 2.84. The molecule has 5 heteroatoms. The van der Waals surface area contributed by atoms with E-state index in [0.29, 0.717) is 11.3 Å². The summed E-state index contributed by atoms with van der Waals surface area (Å²) in [4.78, 5) is 12.4. The van der Waals surface area contributed by atoms with Gasteiger partial charge in [-0.15, -0.1) is 0 Å². The Labute approximate surface area is 116 Å². The number of benzene rings is 1. The molecule has 1 aliphatic rings. The highest BCUT2D eigenvalue weighted by Crippen LogP contribution is 2.36. The second kappa shape index (κ2) is 4.33. The Morgan fingerprint density at radius 1 is 1.45 bits per heavy atom. The lowest BCUT2D eigenvalue weighted by Gasteiger charge is -2.38. The van der Waals surface area contributed by atoms with Crippen LogP contribution >= 0.6 is 0 Å². The summed E-state index contributed by atoms with van der Waals surface area (Å²) < 4.78 is 7.38. The Hall–Kier alpha value is -1.85. The molecular weight excluding hydrogens is 258 g/mol. The maximum Gasteiger partial charge on any atom is 0.257 e. The third-order valence-electron chi connectivity index (χ3n) is 4.10. The van der Waals surface area contributed by atoms with Crippen molar-refractivity contribution in [2.75, 3.05) is 6.61 Å². The summed E-state index contributed by atoms with van der Waals surface area (Å²) in [6.07, 6.45) is -0.724. The van der Waals surface area contributed by atoms with Gasteiger partial charge in [-0.3, -0.25) is 4.79 Å². The van der Waals surface area contributed by atoms with E-state index in [1.54, 1.807) is 18.5 Å². The maximum atomic E-state index is 12.4. The van der Waals surface area contributed by atoms with E-state index in [2.05, 4.69) is 0 Å².